The lowest BCUT2D eigenvalue weighted by Gasteiger charge is -2.09. The second kappa shape index (κ2) is 8.08. The number of benzene rings is 2. The van der Waals surface area contributed by atoms with Gasteiger partial charge in [0, 0.05) is 12.1 Å². The Morgan fingerprint density at radius 3 is 2.56 bits per heavy atom. The van der Waals surface area contributed by atoms with Gasteiger partial charge in [-0.15, -0.1) is 0 Å². The molecule has 0 aliphatic carbocycles. The number of hydrogen-bond donors (Lipinski definition) is 2. The molecule has 0 radical (unpaired) electrons. The van der Waals surface area contributed by atoms with E-state index in [1.54, 1.807) is 7.11 Å². The molecule has 5 heteroatoms. The molecule has 2 aromatic carbocycles. The van der Waals surface area contributed by atoms with E-state index >= 15 is 0 Å². The number of pyridine rings is 1. The van der Waals surface area contributed by atoms with Gasteiger partial charge in [-0.3, -0.25) is 9.59 Å². The van der Waals surface area contributed by atoms with Crippen molar-refractivity contribution in [1.29, 1.82) is 0 Å². The summed E-state index contributed by atoms with van der Waals surface area (Å²) < 4.78 is 5.11. The van der Waals surface area contributed by atoms with Gasteiger partial charge in [0.15, 0.2) is 0 Å². The van der Waals surface area contributed by atoms with Crippen LogP contribution in [0.2, 0.25) is 0 Å². The second-order valence-corrected chi connectivity index (χ2v) is 6.72. The minimum atomic E-state index is -0.0967. The molecule has 0 saturated carbocycles. The van der Waals surface area contributed by atoms with Crippen LogP contribution in [0.3, 0.4) is 0 Å². The lowest BCUT2D eigenvalue weighted by Crippen LogP contribution is -2.28. The van der Waals surface area contributed by atoms with Gasteiger partial charge in [0.2, 0.25) is 5.91 Å². The Hall–Kier alpha value is -3.08. The number of aryl methyl sites for hydroxylation is 2. The highest BCUT2D eigenvalue weighted by Gasteiger charge is 2.08. The Morgan fingerprint density at radius 2 is 1.85 bits per heavy atom. The number of fused-ring (bicyclic) bond motifs is 1. The highest BCUT2D eigenvalue weighted by Crippen LogP contribution is 2.19. The molecular weight excluding hydrogens is 340 g/mol. The fourth-order valence-electron chi connectivity index (χ4n) is 3.08. The number of carbonyl (C=O) groups is 1. The van der Waals surface area contributed by atoms with Crippen LogP contribution in [0.5, 0.6) is 5.75 Å². The van der Waals surface area contributed by atoms with Gasteiger partial charge in [0.05, 0.1) is 19.0 Å². The molecule has 0 saturated heterocycles. The summed E-state index contributed by atoms with van der Waals surface area (Å²) in [6.45, 7) is 4.46. The molecule has 0 atom stereocenters. The highest BCUT2D eigenvalue weighted by atomic mass is 16.5. The fraction of sp³-hybridized carbons (Fsp3) is 0.273. The number of aromatic amines is 1. The third-order valence-electron chi connectivity index (χ3n) is 4.87. The van der Waals surface area contributed by atoms with Gasteiger partial charge >= 0.3 is 0 Å². The molecule has 1 heterocycles. The molecule has 0 bridgehead atoms. The predicted octanol–water partition coefficient (Wildman–Crippen LogP) is 3.05. The maximum atomic E-state index is 12.3. The zero-order valence-electron chi connectivity index (χ0n) is 15.9. The van der Waals surface area contributed by atoms with Gasteiger partial charge in [-0.2, -0.15) is 0 Å². The first-order valence-electron chi connectivity index (χ1n) is 8.99. The Balaban J connectivity index is 1.61. The van der Waals surface area contributed by atoms with Crippen molar-refractivity contribution in [2.75, 3.05) is 13.7 Å². The van der Waals surface area contributed by atoms with Crippen molar-refractivity contribution < 1.29 is 9.53 Å². The molecule has 3 rings (SSSR count). The molecule has 27 heavy (non-hydrogen) atoms. The maximum Gasteiger partial charge on any atom is 0.251 e. The summed E-state index contributed by atoms with van der Waals surface area (Å²) in [4.78, 5) is 27.4. The minimum Gasteiger partial charge on any atom is -0.497 e. The zero-order valence-corrected chi connectivity index (χ0v) is 15.9. The molecule has 0 aliphatic heterocycles. The summed E-state index contributed by atoms with van der Waals surface area (Å²) in [5.41, 5.74) is 4.62. The van der Waals surface area contributed by atoms with E-state index in [0.717, 1.165) is 33.3 Å². The van der Waals surface area contributed by atoms with E-state index in [2.05, 4.69) is 16.4 Å². The lowest BCUT2D eigenvalue weighted by molar-refractivity contribution is -0.120. The van der Waals surface area contributed by atoms with Crippen LogP contribution in [0.25, 0.3) is 10.9 Å². The highest BCUT2D eigenvalue weighted by molar-refractivity contribution is 5.83. The third-order valence-corrected chi connectivity index (χ3v) is 4.87. The average molecular weight is 364 g/mol. The van der Waals surface area contributed by atoms with E-state index in [9.17, 15) is 9.59 Å². The van der Waals surface area contributed by atoms with Crippen molar-refractivity contribution in [3.63, 3.8) is 0 Å². The molecular formula is C22H24N2O3. The van der Waals surface area contributed by atoms with E-state index in [4.69, 9.17) is 4.74 Å². The van der Waals surface area contributed by atoms with Crippen molar-refractivity contribution in [3.8, 4) is 5.75 Å². The third kappa shape index (κ3) is 4.37. The first kappa shape index (κ1) is 18.7. The van der Waals surface area contributed by atoms with Crippen LogP contribution in [0.4, 0.5) is 0 Å². The zero-order chi connectivity index (χ0) is 19.4. The summed E-state index contributed by atoms with van der Waals surface area (Å²) in [5, 5.41) is 3.89. The van der Waals surface area contributed by atoms with Gasteiger partial charge in [-0.1, -0.05) is 24.3 Å². The summed E-state index contributed by atoms with van der Waals surface area (Å²) in [7, 11) is 1.61. The summed E-state index contributed by atoms with van der Waals surface area (Å²) in [5.74, 6) is 0.698. The predicted molar refractivity (Wildman–Crippen MR) is 107 cm³/mol. The minimum absolute atomic E-state index is 0.0659. The van der Waals surface area contributed by atoms with Crippen LogP contribution in [0, 0.1) is 13.8 Å². The van der Waals surface area contributed by atoms with Gasteiger partial charge in [0.25, 0.3) is 5.56 Å². The quantitative estimate of drug-likeness (QED) is 0.706. The van der Waals surface area contributed by atoms with Crippen LogP contribution in [0.1, 0.15) is 22.3 Å². The molecule has 5 nitrogen and oxygen atoms in total. The number of aromatic nitrogens is 1. The Morgan fingerprint density at radius 1 is 1.11 bits per heavy atom. The fourth-order valence-corrected chi connectivity index (χ4v) is 3.08. The van der Waals surface area contributed by atoms with E-state index in [-0.39, 0.29) is 11.5 Å². The van der Waals surface area contributed by atoms with E-state index in [1.807, 2.05) is 50.2 Å². The second-order valence-electron chi connectivity index (χ2n) is 6.72. The maximum absolute atomic E-state index is 12.3. The van der Waals surface area contributed by atoms with Crippen molar-refractivity contribution >= 4 is 16.8 Å². The van der Waals surface area contributed by atoms with Crippen LogP contribution in [-0.4, -0.2) is 24.5 Å². The topological polar surface area (TPSA) is 71.2 Å². The largest absolute Gasteiger partial charge is 0.497 e. The first-order valence-corrected chi connectivity index (χ1v) is 8.99. The molecule has 0 spiro atoms. The number of methoxy groups -OCH3 is 1. The first-order chi connectivity index (χ1) is 13.0. The van der Waals surface area contributed by atoms with E-state index < -0.39 is 0 Å². The SMILES string of the molecule is COc1ccc(CC(=O)NCCc2cc3ccc(C)c(C)c3[nH]c2=O)cc1. The van der Waals surface area contributed by atoms with Crippen molar-refractivity contribution in [3.05, 3.63) is 75.1 Å². The Bertz CT molecular complexity index is 1020. The molecule has 1 amide bonds. The van der Waals surface area contributed by atoms with Crippen molar-refractivity contribution in [1.82, 2.24) is 10.3 Å². The normalized spacial score (nSPS) is 10.8. The van der Waals surface area contributed by atoms with Crippen molar-refractivity contribution in [2.45, 2.75) is 26.7 Å². The molecule has 1 aromatic heterocycles. The summed E-state index contributed by atoms with van der Waals surface area (Å²) in [6.07, 6.45) is 0.795. The average Bonchev–Trinajstić information content (AvgIpc) is 2.66. The van der Waals surface area contributed by atoms with Gasteiger partial charge in [0.1, 0.15) is 5.75 Å². The Labute approximate surface area is 158 Å². The number of amides is 1. The standard InChI is InChI=1S/C22H24N2O3/c1-14-4-7-17-13-18(22(26)24-21(17)15(14)2)10-11-23-20(25)12-16-5-8-19(27-3)9-6-16/h4-9,13H,10-12H2,1-3H3,(H,23,25)(H,24,26). The van der Waals surface area contributed by atoms with Gasteiger partial charge < -0.3 is 15.0 Å². The number of hydrogen-bond acceptors (Lipinski definition) is 3. The molecule has 140 valence electrons. The molecule has 2 N–H and O–H groups in total. The van der Waals surface area contributed by atoms with Crippen LogP contribution in [0.15, 0.2) is 47.3 Å². The molecule has 0 unspecified atom stereocenters. The summed E-state index contributed by atoms with van der Waals surface area (Å²) >= 11 is 0. The number of rotatable bonds is 6. The van der Waals surface area contributed by atoms with Gasteiger partial charge in [-0.05, 0) is 60.5 Å². The summed E-state index contributed by atoms with van der Waals surface area (Å²) in [6, 6.07) is 13.4. The molecule has 3 aromatic rings. The smallest absolute Gasteiger partial charge is 0.251 e. The number of nitrogens with one attached hydrogen (secondary N) is 2. The van der Waals surface area contributed by atoms with Gasteiger partial charge in [-0.25, -0.2) is 0 Å². The Kier molecular flexibility index (Phi) is 5.60. The molecule has 0 aliphatic rings. The molecule has 0 fully saturated rings. The number of H-pyrrole nitrogens is 1. The van der Waals surface area contributed by atoms with Crippen LogP contribution < -0.4 is 15.6 Å². The monoisotopic (exact) mass is 364 g/mol. The van der Waals surface area contributed by atoms with Crippen LogP contribution in [-0.2, 0) is 17.6 Å². The number of ether oxygens (including phenoxy) is 1. The van der Waals surface area contributed by atoms with E-state index in [1.165, 1.54) is 0 Å². The number of carbonyl (C=O) groups excluding carboxylic acids is 1. The lowest BCUT2D eigenvalue weighted by atomic mass is 10.0. The van der Waals surface area contributed by atoms with Crippen molar-refractivity contribution in [2.24, 2.45) is 0 Å². The van der Waals surface area contributed by atoms with Crippen LogP contribution >= 0.6 is 0 Å². The van der Waals surface area contributed by atoms with E-state index in [0.29, 0.717) is 24.9 Å².